The molecule has 0 spiro atoms. The summed E-state index contributed by atoms with van der Waals surface area (Å²) in [5.74, 6) is -1.25. The molecule has 0 radical (unpaired) electrons. The molecular weight excluding hydrogens is 672 g/mol. The molecule has 3 aliphatic heterocycles. The molecule has 0 aromatic heterocycles. The summed E-state index contributed by atoms with van der Waals surface area (Å²) in [7, 11) is 0. The minimum absolute atomic E-state index is 0.0105. The number of hydrogen-bond donors (Lipinski definition) is 2. The average Bonchev–Trinajstić information content (AvgIpc) is 3.18. The van der Waals surface area contributed by atoms with Gasteiger partial charge in [-0.3, -0.25) is 48.4 Å². The SMILES string of the molecule is NCc1ccc(OCC(=O)N2C=CN(C(=O)CN3CCC(=O)N(CC(=O)N4C=CN(C(=O)COc5ccc(CN)cc5)C=C4)CCC3=O)C=C2)cc1. The maximum atomic E-state index is 13.0. The molecule has 16 nitrogen and oxygen atoms in total. The second-order valence-electron chi connectivity index (χ2n) is 11.8. The molecule has 272 valence electrons. The molecule has 2 aromatic carbocycles. The van der Waals surface area contributed by atoms with E-state index in [1.165, 1.54) is 79.0 Å². The largest absolute Gasteiger partial charge is 0.484 e. The monoisotopic (exact) mass is 712 g/mol. The number of hydrogen-bond acceptors (Lipinski definition) is 10. The molecule has 0 unspecified atom stereocenters. The summed E-state index contributed by atoms with van der Waals surface area (Å²) in [6.45, 7) is -0.229. The lowest BCUT2D eigenvalue weighted by Crippen LogP contribution is -2.48. The summed E-state index contributed by atoms with van der Waals surface area (Å²) >= 11 is 0. The van der Waals surface area contributed by atoms with E-state index in [2.05, 4.69) is 0 Å². The zero-order chi connectivity index (χ0) is 37.0. The second-order valence-corrected chi connectivity index (χ2v) is 11.8. The summed E-state index contributed by atoms with van der Waals surface area (Å²) in [6, 6.07) is 14.1. The van der Waals surface area contributed by atoms with E-state index in [0.717, 1.165) is 11.1 Å². The van der Waals surface area contributed by atoms with E-state index in [1.807, 2.05) is 24.3 Å². The zero-order valence-corrected chi connectivity index (χ0v) is 28.4. The molecule has 0 aliphatic carbocycles. The van der Waals surface area contributed by atoms with Gasteiger partial charge in [0.1, 0.15) is 24.6 Å². The Morgan fingerprint density at radius 1 is 0.500 bits per heavy atom. The van der Waals surface area contributed by atoms with Gasteiger partial charge in [-0.15, -0.1) is 0 Å². The van der Waals surface area contributed by atoms with Crippen LogP contribution >= 0.6 is 0 Å². The van der Waals surface area contributed by atoms with Crippen LogP contribution in [-0.4, -0.2) is 104 Å². The van der Waals surface area contributed by atoms with Gasteiger partial charge in [-0.05, 0) is 35.4 Å². The van der Waals surface area contributed by atoms with E-state index in [4.69, 9.17) is 20.9 Å². The Kier molecular flexibility index (Phi) is 12.5. The molecule has 3 aliphatic rings. The third-order valence-electron chi connectivity index (χ3n) is 8.29. The number of carbonyl (C=O) groups is 6. The number of amides is 6. The van der Waals surface area contributed by atoms with Crippen molar-refractivity contribution in [2.45, 2.75) is 25.9 Å². The molecule has 1 fully saturated rings. The number of ether oxygens (including phenoxy) is 2. The van der Waals surface area contributed by atoms with Crippen LogP contribution in [0.2, 0.25) is 0 Å². The van der Waals surface area contributed by atoms with Crippen LogP contribution in [-0.2, 0) is 41.9 Å². The van der Waals surface area contributed by atoms with E-state index < -0.39 is 11.8 Å². The number of nitrogens with zero attached hydrogens (tertiary/aromatic N) is 6. The Balaban J connectivity index is 1.03. The second kappa shape index (κ2) is 17.6. The predicted molar refractivity (Wildman–Crippen MR) is 186 cm³/mol. The molecule has 5 rings (SSSR count). The van der Waals surface area contributed by atoms with E-state index >= 15 is 0 Å². The molecule has 2 aromatic rings. The Morgan fingerprint density at radius 3 is 1.12 bits per heavy atom. The van der Waals surface area contributed by atoms with Gasteiger partial charge in [-0.2, -0.15) is 0 Å². The van der Waals surface area contributed by atoms with E-state index in [-0.39, 0.29) is 75.9 Å². The van der Waals surface area contributed by atoms with E-state index in [0.29, 0.717) is 24.6 Å². The van der Waals surface area contributed by atoms with Gasteiger partial charge in [-0.1, -0.05) is 24.3 Å². The van der Waals surface area contributed by atoms with Crippen LogP contribution in [0.3, 0.4) is 0 Å². The van der Waals surface area contributed by atoms with Crippen LogP contribution in [0.4, 0.5) is 0 Å². The Morgan fingerprint density at radius 2 is 0.808 bits per heavy atom. The Labute approximate surface area is 300 Å². The molecule has 6 amide bonds. The minimum atomic E-state index is -0.437. The number of carbonyl (C=O) groups excluding carboxylic acids is 6. The molecular formula is C36H40N8O8. The summed E-state index contributed by atoms with van der Waals surface area (Å²) in [6.07, 6.45) is 11.1. The van der Waals surface area contributed by atoms with Crippen LogP contribution < -0.4 is 20.9 Å². The summed E-state index contributed by atoms with van der Waals surface area (Å²) in [5, 5.41) is 0. The summed E-state index contributed by atoms with van der Waals surface area (Å²) in [4.78, 5) is 84.8. The minimum Gasteiger partial charge on any atom is -0.484 e. The summed E-state index contributed by atoms with van der Waals surface area (Å²) < 4.78 is 11.1. The molecule has 4 N–H and O–H groups in total. The highest BCUT2D eigenvalue weighted by Crippen LogP contribution is 2.16. The van der Waals surface area contributed by atoms with Crippen molar-refractivity contribution in [3.8, 4) is 11.5 Å². The van der Waals surface area contributed by atoms with Crippen LogP contribution in [0, 0.1) is 0 Å². The van der Waals surface area contributed by atoms with Crippen LogP contribution in [0.15, 0.2) is 98.1 Å². The first-order chi connectivity index (χ1) is 25.1. The lowest BCUT2D eigenvalue weighted by Gasteiger charge is -2.31. The van der Waals surface area contributed by atoms with Crippen LogP contribution in [0.25, 0.3) is 0 Å². The van der Waals surface area contributed by atoms with Crippen LogP contribution in [0.1, 0.15) is 24.0 Å². The van der Waals surface area contributed by atoms with Crippen molar-refractivity contribution in [3.05, 3.63) is 109 Å². The van der Waals surface area contributed by atoms with Crippen LogP contribution in [0.5, 0.6) is 11.5 Å². The van der Waals surface area contributed by atoms with Crippen molar-refractivity contribution >= 4 is 35.4 Å². The molecule has 0 bridgehead atoms. The van der Waals surface area contributed by atoms with Gasteiger partial charge in [0.15, 0.2) is 13.2 Å². The van der Waals surface area contributed by atoms with Crippen molar-refractivity contribution in [2.75, 3.05) is 39.4 Å². The lowest BCUT2D eigenvalue weighted by molar-refractivity contribution is -0.145. The fourth-order valence-corrected chi connectivity index (χ4v) is 5.17. The molecule has 0 saturated carbocycles. The van der Waals surface area contributed by atoms with E-state index in [9.17, 15) is 28.8 Å². The normalized spacial score (nSPS) is 15.9. The van der Waals surface area contributed by atoms with Crippen molar-refractivity contribution in [2.24, 2.45) is 11.5 Å². The highest BCUT2D eigenvalue weighted by atomic mass is 16.5. The third kappa shape index (κ3) is 9.92. The lowest BCUT2D eigenvalue weighted by atomic mass is 10.2. The van der Waals surface area contributed by atoms with Gasteiger partial charge in [0.05, 0.1) is 0 Å². The fraction of sp³-hybridized carbons (Fsp3) is 0.278. The van der Waals surface area contributed by atoms with Crippen molar-refractivity contribution < 1.29 is 38.2 Å². The van der Waals surface area contributed by atoms with Gasteiger partial charge >= 0.3 is 0 Å². The maximum absolute atomic E-state index is 13.0. The first kappa shape index (κ1) is 37.0. The first-order valence-electron chi connectivity index (χ1n) is 16.5. The molecule has 3 heterocycles. The summed E-state index contributed by atoms with van der Waals surface area (Å²) in [5.41, 5.74) is 13.1. The zero-order valence-electron chi connectivity index (χ0n) is 28.4. The van der Waals surface area contributed by atoms with Gasteiger partial charge in [0, 0.05) is 88.6 Å². The topological polar surface area (TPSA) is 192 Å². The Bertz CT molecular complexity index is 1620. The Hall–Kier alpha value is -6.26. The van der Waals surface area contributed by atoms with Gasteiger partial charge in [-0.25, -0.2) is 0 Å². The maximum Gasteiger partial charge on any atom is 0.268 e. The molecule has 52 heavy (non-hydrogen) atoms. The molecule has 1 saturated heterocycles. The standard InChI is InChI=1S/C36H40N8O8/c37-21-27-1-5-29(6-2-27)51-25-35(49)41-17-13-39(14-18-41)33(47)23-43-11-9-32(46)44(12-10-31(43)45)24-34(48)40-15-19-42(20-16-40)36(50)26-52-30-7-3-28(22-38)4-8-30/h1-8,13-20H,9-12,21-26,37-38H2. The fourth-order valence-electron chi connectivity index (χ4n) is 5.17. The van der Waals surface area contributed by atoms with Crippen molar-refractivity contribution in [3.63, 3.8) is 0 Å². The van der Waals surface area contributed by atoms with Crippen molar-refractivity contribution in [1.29, 1.82) is 0 Å². The third-order valence-corrected chi connectivity index (χ3v) is 8.29. The van der Waals surface area contributed by atoms with Gasteiger partial charge < -0.3 is 30.7 Å². The highest BCUT2D eigenvalue weighted by Gasteiger charge is 2.28. The van der Waals surface area contributed by atoms with E-state index in [1.54, 1.807) is 24.3 Å². The molecule has 0 atom stereocenters. The van der Waals surface area contributed by atoms with Gasteiger partial charge in [0.25, 0.3) is 11.8 Å². The average molecular weight is 713 g/mol. The molecule has 16 heteroatoms. The smallest absolute Gasteiger partial charge is 0.268 e. The predicted octanol–water partition coefficient (Wildman–Crippen LogP) is 0.739. The highest BCUT2D eigenvalue weighted by molar-refractivity contribution is 5.90. The first-order valence-corrected chi connectivity index (χ1v) is 16.5. The quantitative estimate of drug-likeness (QED) is 0.317. The number of rotatable bonds is 12. The number of nitrogens with two attached hydrogens (primary N) is 2. The van der Waals surface area contributed by atoms with Gasteiger partial charge in [0.2, 0.25) is 23.6 Å². The number of benzene rings is 2. The van der Waals surface area contributed by atoms with Crippen molar-refractivity contribution in [1.82, 2.24) is 29.4 Å².